The highest BCUT2D eigenvalue weighted by molar-refractivity contribution is 5.78. The molecule has 0 radical (unpaired) electrons. The summed E-state index contributed by atoms with van der Waals surface area (Å²) in [6.07, 6.45) is -0.333. The van der Waals surface area contributed by atoms with Crippen LogP contribution in [0.15, 0.2) is 59.5 Å². The van der Waals surface area contributed by atoms with Crippen LogP contribution in [0.25, 0.3) is 0 Å². The maximum absolute atomic E-state index is 11.5. The molecule has 33 heavy (non-hydrogen) atoms. The van der Waals surface area contributed by atoms with E-state index in [1.54, 1.807) is 0 Å². The monoisotopic (exact) mass is 453 g/mol. The van der Waals surface area contributed by atoms with Gasteiger partial charge in [0.1, 0.15) is 18.1 Å². The summed E-state index contributed by atoms with van der Waals surface area (Å²) in [6, 6.07) is 15.3. The van der Waals surface area contributed by atoms with Crippen molar-refractivity contribution in [2.45, 2.75) is 37.8 Å². The van der Waals surface area contributed by atoms with Gasteiger partial charge < -0.3 is 36.5 Å². The Labute approximate surface area is 190 Å². The third-order valence-corrected chi connectivity index (χ3v) is 5.46. The number of nitrogen functional groups attached to an aromatic ring is 1. The second-order valence-corrected chi connectivity index (χ2v) is 7.89. The Morgan fingerprint density at radius 3 is 2.67 bits per heavy atom. The molecule has 0 bridgehead atoms. The molecule has 2 aliphatic rings. The average molecular weight is 453 g/mol. The van der Waals surface area contributed by atoms with Gasteiger partial charge in [-0.3, -0.25) is 4.57 Å². The number of nitrogens with two attached hydrogens (primary N) is 2. The number of benzene rings is 2. The van der Waals surface area contributed by atoms with Crippen LogP contribution in [0.4, 0.5) is 17.2 Å². The first-order chi connectivity index (χ1) is 15.9. The number of aliphatic hydroxyl groups excluding tert-OH is 2. The van der Waals surface area contributed by atoms with Crippen molar-refractivity contribution in [2.24, 2.45) is 5.73 Å². The molecular weight excluding hydrogens is 426 g/mol. The summed E-state index contributed by atoms with van der Waals surface area (Å²) in [5, 5.41) is 21.8. The van der Waals surface area contributed by atoms with Crippen LogP contribution in [0.2, 0.25) is 0 Å². The summed E-state index contributed by atoms with van der Waals surface area (Å²) in [6.45, 7) is 1.69. The molecule has 0 amide bonds. The summed E-state index contributed by atoms with van der Waals surface area (Å²) >= 11 is 0. The number of fused-ring (bicyclic) bond motifs is 2. The SMILES string of the molecule is CC(N)c1cccc2c1Nc1ccccc1O2.Nc1ccn([C@H]2C[C@H](O)[C@@H](CO)O2)c(=O)n1. The lowest BCUT2D eigenvalue weighted by atomic mass is 10.0. The minimum Gasteiger partial charge on any atom is -0.453 e. The van der Waals surface area contributed by atoms with E-state index < -0.39 is 24.1 Å². The Morgan fingerprint density at radius 1 is 1.21 bits per heavy atom. The van der Waals surface area contributed by atoms with E-state index in [4.69, 9.17) is 26.0 Å². The van der Waals surface area contributed by atoms with E-state index in [9.17, 15) is 9.90 Å². The van der Waals surface area contributed by atoms with Crippen LogP contribution in [0.5, 0.6) is 11.5 Å². The number of hydrogen-bond acceptors (Lipinski definition) is 9. The quantitative estimate of drug-likeness (QED) is 0.313. The summed E-state index contributed by atoms with van der Waals surface area (Å²) in [4.78, 5) is 15.0. The van der Waals surface area contributed by atoms with Gasteiger partial charge in [-0.2, -0.15) is 4.98 Å². The van der Waals surface area contributed by atoms with E-state index in [1.807, 2.05) is 49.4 Å². The lowest BCUT2D eigenvalue weighted by molar-refractivity contribution is -0.0458. The Balaban J connectivity index is 0.000000157. The second kappa shape index (κ2) is 9.59. The van der Waals surface area contributed by atoms with Gasteiger partial charge in [0.25, 0.3) is 0 Å². The van der Waals surface area contributed by atoms with Gasteiger partial charge in [-0.15, -0.1) is 0 Å². The molecule has 174 valence electrons. The Bertz CT molecular complexity index is 1180. The number of hydrogen-bond donors (Lipinski definition) is 5. The zero-order chi connectivity index (χ0) is 23.5. The molecule has 1 fully saturated rings. The molecule has 4 atom stereocenters. The molecule has 0 saturated carbocycles. The fraction of sp³-hybridized carbons (Fsp3) is 0.304. The number of para-hydroxylation sites is 3. The number of aromatic nitrogens is 2. The van der Waals surface area contributed by atoms with Crippen LogP contribution in [0, 0.1) is 0 Å². The van der Waals surface area contributed by atoms with Crippen molar-refractivity contribution in [2.75, 3.05) is 17.7 Å². The Kier molecular flexibility index (Phi) is 6.61. The largest absolute Gasteiger partial charge is 0.453 e. The predicted molar refractivity (Wildman–Crippen MR) is 123 cm³/mol. The lowest BCUT2D eigenvalue weighted by Crippen LogP contribution is -2.27. The van der Waals surface area contributed by atoms with E-state index in [1.165, 1.54) is 16.8 Å². The molecule has 1 saturated heterocycles. The zero-order valence-corrected chi connectivity index (χ0v) is 18.1. The molecule has 10 heteroatoms. The first-order valence-electron chi connectivity index (χ1n) is 10.6. The first-order valence-corrected chi connectivity index (χ1v) is 10.6. The standard InChI is InChI=1S/C14H14N2O.C9H13N3O4/c1-9(15)10-5-4-8-13-14(10)16-11-6-2-3-7-12(11)17-13;10-7-1-2-12(9(15)11-7)8-3-5(14)6(4-13)16-8/h2-9,16H,15H2,1H3;1-2,5-6,8,13-14H,3-4H2,(H2,10,11,15)/t;5-,6+,8+/m.0/s1. The van der Waals surface area contributed by atoms with Crippen LogP contribution < -0.4 is 27.2 Å². The van der Waals surface area contributed by atoms with E-state index in [-0.39, 0.29) is 24.9 Å². The van der Waals surface area contributed by atoms with Gasteiger partial charge in [-0.1, -0.05) is 24.3 Å². The fourth-order valence-corrected chi connectivity index (χ4v) is 3.75. The van der Waals surface area contributed by atoms with Gasteiger partial charge in [0, 0.05) is 18.7 Å². The van der Waals surface area contributed by atoms with E-state index in [0.29, 0.717) is 0 Å². The number of ether oxygens (including phenoxy) is 2. The maximum Gasteiger partial charge on any atom is 0.351 e. The molecule has 1 aromatic heterocycles. The maximum atomic E-state index is 11.5. The molecule has 7 N–H and O–H groups in total. The van der Waals surface area contributed by atoms with Crippen LogP contribution in [-0.4, -0.2) is 38.6 Å². The first kappa shape index (κ1) is 22.7. The predicted octanol–water partition coefficient (Wildman–Crippen LogP) is 2.02. The molecule has 10 nitrogen and oxygen atoms in total. The fourth-order valence-electron chi connectivity index (χ4n) is 3.75. The van der Waals surface area contributed by atoms with Crippen molar-refractivity contribution >= 4 is 17.2 Å². The minimum absolute atomic E-state index is 0.0219. The number of nitrogens with one attached hydrogen (secondary N) is 1. The van der Waals surface area contributed by atoms with Crippen molar-refractivity contribution in [3.05, 3.63) is 70.8 Å². The third-order valence-electron chi connectivity index (χ3n) is 5.46. The second-order valence-electron chi connectivity index (χ2n) is 7.89. The van der Waals surface area contributed by atoms with Crippen molar-refractivity contribution in [3.63, 3.8) is 0 Å². The molecule has 1 unspecified atom stereocenters. The molecule has 2 aliphatic heterocycles. The highest BCUT2D eigenvalue weighted by atomic mass is 16.5. The van der Waals surface area contributed by atoms with E-state index in [0.717, 1.165) is 28.4 Å². The van der Waals surface area contributed by atoms with E-state index >= 15 is 0 Å². The average Bonchev–Trinajstić information content (AvgIpc) is 3.17. The van der Waals surface area contributed by atoms with Gasteiger partial charge in [0.05, 0.1) is 24.1 Å². The van der Waals surface area contributed by atoms with Crippen molar-refractivity contribution in [1.29, 1.82) is 0 Å². The van der Waals surface area contributed by atoms with Gasteiger partial charge >= 0.3 is 5.69 Å². The number of aliphatic hydroxyl groups is 2. The van der Waals surface area contributed by atoms with Crippen molar-refractivity contribution < 1.29 is 19.7 Å². The minimum atomic E-state index is -0.778. The summed E-state index contributed by atoms with van der Waals surface area (Å²) in [5.41, 5.74) is 13.8. The molecule has 3 heterocycles. The Morgan fingerprint density at radius 2 is 1.97 bits per heavy atom. The van der Waals surface area contributed by atoms with Crippen molar-refractivity contribution in [3.8, 4) is 11.5 Å². The van der Waals surface area contributed by atoms with Crippen molar-refractivity contribution in [1.82, 2.24) is 9.55 Å². The molecule has 0 spiro atoms. The molecular formula is C23H27N5O5. The summed E-state index contributed by atoms with van der Waals surface area (Å²) < 4.78 is 12.4. The van der Waals surface area contributed by atoms with Crippen LogP contribution >= 0.6 is 0 Å². The van der Waals surface area contributed by atoms with E-state index in [2.05, 4.69) is 10.3 Å². The van der Waals surface area contributed by atoms with Gasteiger partial charge in [-0.05, 0) is 36.8 Å². The molecule has 2 aromatic carbocycles. The van der Waals surface area contributed by atoms with Gasteiger partial charge in [-0.25, -0.2) is 4.79 Å². The Hall–Kier alpha value is -3.44. The van der Waals surface area contributed by atoms with Gasteiger partial charge in [0.15, 0.2) is 11.5 Å². The number of rotatable bonds is 3. The number of nitrogens with zero attached hydrogens (tertiary/aromatic N) is 2. The van der Waals surface area contributed by atoms with Gasteiger partial charge in [0.2, 0.25) is 0 Å². The highest BCUT2D eigenvalue weighted by Gasteiger charge is 2.34. The lowest BCUT2D eigenvalue weighted by Gasteiger charge is -2.24. The highest BCUT2D eigenvalue weighted by Crippen LogP contribution is 2.44. The molecule has 3 aromatic rings. The smallest absolute Gasteiger partial charge is 0.351 e. The summed E-state index contributed by atoms with van der Waals surface area (Å²) in [5.74, 6) is 1.82. The zero-order valence-electron chi connectivity index (χ0n) is 18.1. The topological polar surface area (TPSA) is 158 Å². The van der Waals surface area contributed by atoms with Crippen LogP contribution in [0.3, 0.4) is 0 Å². The van der Waals surface area contributed by atoms with Crippen LogP contribution in [0.1, 0.15) is 31.2 Å². The molecule has 5 rings (SSSR count). The third kappa shape index (κ3) is 4.83. The normalized spacial score (nSPS) is 21.5. The number of anilines is 3. The van der Waals surface area contributed by atoms with Crippen LogP contribution in [-0.2, 0) is 4.74 Å². The summed E-state index contributed by atoms with van der Waals surface area (Å²) in [7, 11) is 0. The molecule has 0 aliphatic carbocycles.